The first-order valence-electron chi connectivity index (χ1n) is 4.50. The standard InChI is InChI=1S/C10H12N2O4/c1-5(10(14)15)16-8-4-6(11)2-3-7(8)9(12)13/h2-5H,11H2,1H3,(H2,12,13)(H,14,15). The van der Waals surface area contributed by atoms with Gasteiger partial charge in [-0.15, -0.1) is 0 Å². The molecule has 6 nitrogen and oxygen atoms in total. The Morgan fingerprint density at radius 3 is 2.56 bits per heavy atom. The molecule has 0 radical (unpaired) electrons. The second-order valence-corrected chi connectivity index (χ2v) is 3.22. The zero-order valence-corrected chi connectivity index (χ0v) is 8.64. The fourth-order valence-corrected chi connectivity index (χ4v) is 1.08. The van der Waals surface area contributed by atoms with Crippen molar-refractivity contribution in [1.82, 2.24) is 0 Å². The quantitative estimate of drug-likeness (QED) is 0.632. The number of anilines is 1. The lowest BCUT2D eigenvalue weighted by atomic mass is 10.1. The van der Waals surface area contributed by atoms with Crippen LogP contribution in [0.15, 0.2) is 18.2 Å². The number of carbonyl (C=O) groups excluding carboxylic acids is 1. The molecule has 1 atom stereocenters. The average molecular weight is 224 g/mol. The molecule has 6 heteroatoms. The maximum absolute atomic E-state index is 11.0. The first-order chi connectivity index (χ1) is 7.41. The number of benzene rings is 1. The minimum Gasteiger partial charge on any atom is -0.479 e. The predicted octanol–water partition coefficient (Wildman–Crippen LogP) is 0.220. The fraction of sp³-hybridized carbons (Fsp3) is 0.200. The SMILES string of the molecule is CC(Oc1cc(N)ccc1C(N)=O)C(=O)O. The largest absolute Gasteiger partial charge is 0.479 e. The monoisotopic (exact) mass is 224 g/mol. The summed E-state index contributed by atoms with van der Waals surface area (Å²) in [6.45, 7) is 1.34. The van der Waals surface area contributed by atoms with Gasteiger partial charge in [0.25, 0.3) is 5.91 Å². The zero-order chi connectivity index (χ0) is 12.3. The van der Waals surface area contributed by atoms with E-state index < -0.39 is 18.0 Å². The van der Waals surface area contributed by atoms with Crippen LogP contribution in [0.25, 0.3) is 0 Å². The van der Waals surface area contributed by atoms with Crippen LogP contribution in [0.3, 0.4) is 0 Å². The third-order valence-corrected chi connectivity index (χ3v) is 1.92. The summed E-state index contributed by atoms with van der Waals surface area (Å²) < 4.78 is 5.07. The summed E-state index contributed by atoms with van der Waals surface area (Å²) in [7, 11) is 0. The van der Waals surface area contributed by atoms with E-state index in [1.165, 1.54) is 25.1 Å². The molecule has 1 unspecified atom stereocenters. The Bertz CT molecular complexity index is 431. The number of ether oxygens (including phenoxy) is 1. The topological polar surface area (TPSA) is 116 Å². The molecule has 1 amide bonds. The van der Waals surface area contributed by atoms with Gasteiger partial charge in [0.1, 0.15) is 5.75 Å². The van der Waals surface area contributed by atoms with Crippen molar-refractivity contribution in [3.8, 4) is 5.75 Å². The summed E-state index contributed by atoms with van der Waals surface area (Å²) in [5, 5.41) is 8.67. The third-order valence-electron chi connectivity index (χ3n) is 1.92. The van der Waals surface area contributed by atoms with Gasteiger partial charge < -0.3 is 21.3 Å². The van der Waals surface area contributed by atoms with Crippen LogP contribution in [0.5, 0.6) is 5.75 Å². The van der Waals surface area contributed by atoms with Gasteiger partial charge in [0.05, 0.1) is 5.56 Å². The molecule has 0 saturated heterocycles. The number of carbonyl (C=O) groups is 2. The van der Waals surface area contributed by atoms with Gasteiger partial charge in [-0.2, -0.15) is 0 Å². The van der Waals surface area contributed by atoms with Crippen molar-refractivity contribution in [3.05, 3.63) is 23.8 Å². The number of aliphatic carboxylic acids is 1. The van der Waals surface area contributed by atoms with Gasteiger partial charge >= 0.3 is 5.97 Å². The Labute approximate surface area is 91.8 Å². The normalized spacial score (nSPS) is 11.8. The molecule has 0 heterocycles. The van der Waals surface area contributed by atoms with Crippen LogP contribution in [0.2, 0.25) is 0 Å². The van der Waals surface area contributed by atoms with Crippen molar-refractivity contribution in [2.75, 3.05) is 5.73 Å². The number of amides is 1. The molecule has 0 fully saturated rings. The van der Waals surface area contributed by atoms with Crippen LogP contribution in [0.4, 0.5) is 5.69 Å². The maximum Gasteiger partial charge on any atom is 0.344 e. The van der Waals surface area contributed by atoms with Crippen LogP contribution in [0.1, 0.15) is 17.3 Å². The van der Waals surface area contributed by atoms with Crippen LogP contribution in [0, 0.1) is 0 Å². The summed E-state index contributed by atoms with van der Waals surface area (Å²) in [4.78, 5) is 21.6. The summed E-state index contributed by atoms with van der Waals surface area (Å²) in [5.74, 6) is -1.77. The Morgan fingerprint density at radius 1 is 1.44 bits per heavy atom. The van der Waals surface area contributed by atoms with Crippen molar-refractivity contribution >= 4 is 17.6 Å². The van der Waals surface area contributed by atoms with E-state index in [0.29, 0.717) is 5.69 Å². The number of rotatable bonds is 4. The zero-order valence-electron chi connectivity index (χ0n) is 8.64. The van der Waals surface area contributed by atoms with E-state index in [0.717, 1.165) is 0 Å². The number of carboxylic acids is 1. The van der Waals surface area contributed by atoms with E-state index in [2.05, 4.69) is 0 Å². The Morgan fingerprint density at radius 2 is 2.06 bits per heavy atom. The number of carboxylic acid groups (broad SMARTS) is 1. The lowest BCUT2D eigenvalue weighted by Crippen LogP contribution is -2.24. The van der Waals surface area contributed by atoms with Crippen LogP contribution in [-0.2, 0) is 4.79 Å². The van der Waals surface area contributed by atoms with E-state index in [9.17, 15) is 9.59 Å². The Balaban J connectivity index is 3.05. The lowest BCUT2D eigenvalue weighted by Gasteiger charge is -2.13. The minimum atomic E-state index is -1.14. The van der Waals surface area contributed by atoms with Gasteiger partial charge in [-0.05, 0) is 19.1 Å². The molecule has 16 heavy (non-hydrogen) atoms. The summed E-state index contributed by atoms with van der Waals surface area (Å²) in [6, 6.07) is 4.24. The molecular formula is C10H12N2O4. The Hall–Kier alpha value is -2.24. The lowest BCUT2D eigenvalue weighted by molar-refractivity contribution is -0.144. The van der Waals surface area contributed by atoms with Crippen molar-refractivity contribution in [2.45, 2.75) is 13.0 Å². The van der Waals surface area contributed by atoms with Crippen LogP contribution < -0.4 is 16.2 Å². The van der Waals surface area contributed by atoms with Crippen molar-refractivity contribution in [2.24, 2.45) is 5.73 Å². The second kappa shape index (κ2) is 4.52. The minimum absolute atomic E-state index is 0.0717. The number of hydrogen-bond donors (Lipinski definition) is 3. The number of primary amides is 1. The third kappa shape index (κ3) is 2.63. The van der Waals surface area contributed by atoms with E-state index in [-0.39, 0.29) is 11.3 Å². The summed E-state index contributed by atoms with van der Waals surface area (Å²) in [5.41, 5.74) is 11.1. The molecule has 0 aliphatic heterocycles. The first-order valence-corrected chi connectivity index (χ1v) is 4.50. The molecule has 0 aromatic heterocycles. The molecular weight excluding hydrogens is 212 g/mol. The highest BCUT2D eigenvalue weighted by Crippen LogP contribution is 2.22. The highest BCUT2D eigenvalue weighted by atomic mass is 16.5. The predicted molar refractivity (Wildman–Crippen MR) is 57.1 cm³/mol. The van der Waals surface area contributed by atoms with E-state index >= 15 is 0 Å². The van der Waals surface area contributed by atoms with Crippen molar-refractivity contribution in [1.29, 1.82) is 0 Å². The van der Waals surface area contributed by atoms with Crippen LogP contribution in [-0.4, -0.2) is 23.1 Å². The van der Waals surface area contributed by atoms with Gasteiger partial charge in [0.2, 0.25) is 0 Å². The molecule has 86 valence electrons. The summed E-state index contributed by atoms with van der Waals surface area (Å²) >= 11 is 0. The van der Waals surface area contributed by atoms with Gasteiger partial charge in [-0.3, -0.25) is 4.79 Å². The first kappa shape index (κ1) is 11.8. The Kier molecular flexibility index (Phi) is 3.34. The van der Waals surface area contributed by atoms with E-state index in [1.54, 1.807) is 0 Å². The molecule has 0 bridgehead atoms. The van der Waals surface area contributed by atoms with Gasteiger partial charge in [-0.1, -0.05) is 0 Å². The van der Waals surface area contributed by atoms with Crippen molar-refractivity contribution in [3.63, 3.8) is 0 Å². The van der Waals surface area contributed by atoms with Crippen molar-refractivity contribution < 1.29 is 19.4 Å². The molecule has 1 aromatic rings. The number of hydrogen-bond acceptors (Lipinski definition) is 4. The van der Waals surface area contributed by atoms with Gasteiger partial charge in [0.15, 0.2) is 6.10 Å². The molecule has 0 aliphatic rings. The number of nitrogen functional groups attached to an aromatic ring is 1. The fourth-order valence-electron chi connectivity index (χ4n) is 1.08. The van der Waals surface area contributed by atoms with Gasteiger partial charge in [0, 0.05) is 11.8 Å². The second-order valence-electron chi connectivity index (χ2n) is 3.22. The highest BCUT2D eigenvalue weighted by Gasteiger charge is 2.17. The highest BCUT2D eigenvalue weighted by molar-refractivity contribution is 5.96. The molecule has 1 aromatic carbocycles. The smallest absolute Gasteiger partial charge is 0.344 e. The molecule has 0 saturated carbocycles. The maximum atomic E-state index is 11.0. The molecule has 1 rings (SSSR count). The molecule has 0 spiro atoms. The van der Waals surface area contributed by atoms with E-state index in [4.69, 9.17) is 21.3 Å². The van der Waals surface area contributed by atoms with Crippen LogP contribution >= 0.6 is 0 Å². The molecule has 0 aliphatic carbocycles. The summed E-state index contributed by atoms with van der Waals surface area (Å²) in [6.07, 6.45) is -1.08. The van der Waals surface area contributed by atoms with Gasteiger partial charge in [-0.25, -0.2) is 4.79 Å². The average Bonchev–Trinajstić information content (AvgIpc) is 2.16. The number of nitrogens with two attached hydrogens (primary N) is 2. The van der Waals surface area contributed by atoms with E-state index in [1.807, 2.05) is 0 Å². The molecule has 5 N–H and O–H groups in total.